The lowest BCUT2D eigenvalue weighted by atomic mass is 10.1. The molecule has 0 unspecified atom stereocenters. The highest BCUT2D eigenvalue weighted by atomic mass is 19.3. The molecule has 2 N–H and O–H groups in total. The number of pyridine rings is 1. The first-order chi connectivity index (χ1) is 6.60. The maximum Gasteiger partial charge on any atom is 0.291 e. The Labute approximate surface area is 80.9 Å². The van der Waals surface area contributed by atoms with Gasteiger partial charge in [0.2, 0.25) is 0 Å². The first-order valence-electron chi connectivity index (χ1n) is 4.18. The van der Waals surface area contributed by atoms with Crippen molar-refractivity contribution >= 4 is 0 Å². The van der Waals surface area contributed by atoms with E-state index >= 15 is 0 Å². The quantitative estimate of drug-likeness (QED) is 0.805. The fourth-order valence-corrected chi connectivity index (χ4v) is 1.05. The number of halogens is 2. The van der Waals surface area contributed by atoms with Crippen LogP contribution in [0.25, 0.3) is 0 Å². The predicted molar refractivity (Wildman–Crippen MR) is 48.4 cm³/mol. The van der Waals surface area contributed by atoms with E-state index in [2.05, 4.69) is 4.98 Å². The summed E-state index contributed by atoms with van der Waals surface area (Å²) in [5.74, 6) is -2.62. The van der Waals surface area contributed by atoms with Gasteiger partial charge in [-0.05, 0) is 12.6 Å². The molecule has 0 fully saturated rings. The van der Waals surface area contributed by atoms with Crippen LogP contribution in [-0.2, 0) is 5.92 Å². The molecular weight excluding hydrogens is 190 g/mol. The molecule has 0 saturated heterocycles. The third kappa shape index (κ3) is 2.38. The van der Waals surface area contributed by atoms with Crippen molar-refractivity contribution in [2.45, 2.75) is 12.3 Å². The van der Waals surface area contributed by atoms with Gasteiger partial charge in [-0.15, -0.1) is 0 Å². The van der Waals surface area contributed by atoms with Gasteiger partial charge in [0.1, 0.15) is 11.4 Å². The Morgan fingerprint density at radius 2 is 2.29 bits per heavy atom. The molecular formula is C9H12F2N2O. The molecule has 0 saturated carbocycles. The van der Waals surface area contributed by atoms with E-state index in [9.17, 15) is 8.78 Å². The minimum atomic E-state index is -2.98. The fourth-order valence-electron chi connectivity index (χ4n) is 1.05. The van der Waals surface area contributed by atoms with Crippen LogP contribution in [0.15, 0.2) is 18.3 Å². The highest BCUT2D eigenvalue weighted by molar-refractivity contribution is 5.24. The largest absolute Gasteiger partial charge is 0.497 e. The summed E-state index contributed by atoms with van der Waals surface area (Å²) in [6.45, 7) is -0.0775. The Balaban J connectivity index is 2.93. The van der Waals surface area contributed by atoms with Crippen molar-refractivity contribution in [1.82, 2.24) is 4.98 Å². The van der Waals surface area contributed by atoms with Crippen LogP contribution in [0.4, 0.5) is 8.78 Å². The van der Waals surface area contributed by atoms with E-state index in [-0.39, 0.29) is 12.2 Å². The van der Waals surface area contributed by atoms with Crippen LogP contribution in [0.5, 0.6) is 5.75 Å². The summed E-state index contributed by atoms with van der Waals surface area (Å²) in [6.07, 6.45) is 0.881. The molecule has 5 heteroatoms. The number of methoxy groups -OCH3 is 1. The first kappa shape index (κ1) is 10.8. The van der Waals surface area contributed by atoms with Gasteiger partial charge in [-0.25, -0.2) is 0 Å². The molecule has 0 aliphatic heterocycles. The van der Waals surface area contributed by atoms with Crippen molar-refractivity contribution in [2.24, 2.45) is 5.73 Å². The van der Waals surface area contributed by atoms with Gasteiger partial charge in [-0.2, -0.15) is 8.78 Å². The number of aromatic nitrogens is 1. The number of ether oxygens (including phenoxy) is 1. The number of hydrogen-bond acceptors (Lipinski definition) is 3. The Morgan fingerprint density at radius 1 is 1.57 bits per heavy atom. The predicted octanol–water partition coefficient (Wildman–Crippen LogP) is 1.53. The second-order valence-electron chi connectivity index (χ2n) is 2.82. The van der Waals surface area contributed by atoms with E-state index in [1.54, 1.807) is 0 Å². The molecule has 0 bridgehead atoms. The summed E-state index contributed by atoms with van der Waals surface area (Å²) in [7, 11) is 1.42. The molecule has 0 aromatic carbocycles. The van der Waals surface area contributed by atoms with E-state index in [0.717, 1.165) is 0 Å². The number of hydrogen-bond donors (Lipinski definition) is 1. The molecule has 0 radical (unpaired) electrons. The van der Waals surface area contributed by atoms with Crippen LogP contribution in [0.1, 0.15) is 12.1 Å². The second-order valence-corrected chi connectivity index (χ2v) is 2.82. The van der Waals surface area contributed by atoms with Crippen LogP contribution in [0, 0.1) is 0 Å². The number of nitrogens with two attached hydrogens (primary N) is 1. The van der Waals surface area contributed by atoms with Crippen molar-refractivity contribution in [3.8, 4) is 5.75 Å². The van der Waals surface area contributed by atoms with E-state index < -0.39 is 12.3 Å². The SMILES string of the molecule is COc1ccnc(C(F)(F)CCN)c1. The third-order valence-electron chi connectivity index (χ3n) is 1.80. The second kappa shape index (κ2) is 4.32. The van der Waals surface area contributed by atoms with Crippen molar-refractivity contribution in [3.63, 3.8) is 0 Å². The van der Waals surface area contributed by atoms with Crippen molar-refractivity contribution in [1.29, 1.82) is 0 Å². The summed E-state index contributed by atoms with van der Waals surface area (Å²) in [5.41, 5.74) is 4.78. The van der Waals surface area contributed by atoms with Crippen molar-refractivity contribution in [2.75, 3.05) is 13.7 Å². The molecule has 0 spiro atoms. The van der Waals surface area contributed by atoms with Crippen molar-refractivity contribution in [3.05, 3.63) is 24.0 Å². The Morgan fingerprint density at radius 3 is 2.86 bits per heavy atom. The smallest absolute Gasteiger partial charge is 0.291 e. The average molecular weight is 202 g/mol. The summed E-state index contributed by atoms with van der Waals surface area (Å²) in [5, 5.41) is 0. The molecule has 1 rings (SSSR count). The van der Waals surface area contributed by atoms with Crippen LogP contribution in [-0.4, -0.2) is 18.6 Å². The van der Waals surface area contributed by atoms with E-state index in [1.807, 2.05) is 0 Å². The standard InChI is InChI=1S/C9H12F2N2O/c1-14-7-2-5-13-8(6-7)9(10,11)3-4-12/h2,5-6H,3-4,12H2,1H3. The maximum atomic E-state index is 13.3. The molecule has 0 aliphatic rings. The zero-order chi connectivity index (χ0) is 10.6. The van der Waals surface area contributed by atoms with Gasteiger partial charge >= 0.3 is 0 Å². The van der Waals surface area contributed by atoms with Crippen LogP contribution >= 0.6 is 0 Å². The zero-order valence-electron chi connectivity index (χ0n) is 7.84. The minimum absolute atomic E-state index is 0.0775. The zero-order valence-corrected chi connectivity index (χ0v) is 7.84. The van der Waals surface area contributed by atoms with Gasteiger partial charge in [0.25, 0.3) is 5.92 Å². The minimum Gasteiger partial charge on any atom is -0.497 e. The Bertz CT molecular complexity index is 305. The Kier molecular flexibility index (Phi) is 3.35. The lowest BCUT2D eigenvalue weighted by Gasteiger charge is -2.14. The fraction of sp³-hybridized carbons (Fsp3) is 0.444. The first-order valence-corrected chi connectivity index (χ1v) is 4.18. The maximum absolute atomic E-state index is 13.3. The lowest BCUT2D eigenvalue weighted by Crippen LogP contribution is -2.19. The van der Waals surface area contributed by atoms with Gasteiger partial charge in [-0.1, -0.05) is 0 Å². The Hall–Kier alpha value is -1.23. The third-order valence-corrected chi connectivity index (χ3v) is 1.80. The highest BCUT2D eigenvalue weighted by Gasteiger charge is 2.32. The van der Waals surface area contributed by atoms with E-state index in [1.165, 1.54) is 25.4 Å². The molecule has 14 heavy (non-hydrogen) atoms. The normalized spacial score (nSPS) is 11.4. The summed E-state index contributed by atoms with van der Waals surface area (Å²) in [6, 6.07) is 2.73. The molecule has 1 heterocycles. The number of rotatable bonds is 4. The van der Waals surface area contributed by atoms with Crippen molar-refractivity contribution < 1.29 is 13.5 Å². The summed E-state index contributed by atoms with van der Waals surface area (Å²) >= 11 is 0. The lowest BCUT2D eigenvalue weighted by molar-refractivity contribution is -0.0153. The highest BCUT2D eigenvalue weighted by Crippen LogP contribution is 2.30. The summed E-state index contributed by atoms with van der Waals surface area (Å²) < 4.78 is 31.4. The van der Waals surface area contributed by atoms with Gasteiger partial charge in [0.15, 0.2) is 0 Å². The summed E-state index contributed by atoms with van der Waals surface area (Å²) in [4.78, 5) is 3.59. The van der Waals surface area contributed by atoms with Crippen LogP contribution in [0.3, 0.4) is 0 Å². The molecule has 3 nitrogen and oxygen atoms in total. The molecule has 78 valence electrons. The van der Waals surface area contributed by atoms with Crippen LogP contribution in [0.2, 0.25) is 0 Å². The molecule has 0 amide bonds. The van der Waals surface area contributed by atoms with E-state index in [4.69, 9.17) is 10.5 Å². The number of alkyl halides is 2. The van der Waals surface area contributed by atoms with Gasteiger partial charge in [-0.3, -0.25) is 4.98 Å². The molecule has 0 atom stereocenters. The average Bonchev–Trinajstić information content (AvgIpc) is 2.18. The monoisotopic (exact) mass is 202 g/mol. The van der Waals surface area contributed by atoms with Crippen LogP contribution < -0.4 is 10.5 Å². The molecule has 1 aromatic rings. The molecule has 0 aliphatic carbocycles. The topological polar surface area (TPSA) is 48.1 Å². The molecule has 1 aromatic heterocycles. The number of nitrogens with zero attached hydrogens (tertiary/aromatic N) is 1. The van der Waals surface area contributed by atoms with E-state index in [0.29, 0.717) is 5.75 Å². The van der Waals surface area contributed by atoms with Gasteiger partial charge < -0.3 is 10.5 Å². The van der Waals surface area contributed by atoms with Gasteiger partial charge in [0.05, 0.1) is 7.11 Å². The van der Waals surface area contributed by atoms with Gasteiger partial charge in [0, 0.05) is 18.7 Å².